The van der Waals surface area contributed by atoms with Crippen molar-refractivity contribution in [2.45, 2.75) is 19.2 Å². The average molecular weight is 430 g/mol. The molecule has 31 heavy (non-hydrogen) atoms. The van der Waals surface area contributed by atoms with E-state index < -0.39 is 6.36 Å². The SMILES string of the molecule is OCC1CCN(c2cc(-c3ccc(OC(F)(F)F)cc3)nc(-c3cccnc3)n2)CC1. The molecule has 0 spiro atoms. The van der Waals surface area contributed by atoms with Gasteiger partial charge in [-0.05, 0) is 55.2 Å². The predicted molar refractivity (Wildman–Crippen MR) is 109 cm³/mol. The molecular formula is C22H21F3N4O2. The monoisotopic (exact) mass is 430 g/mol. The maximum atomic E-state index is 12.4. The number of aliphatic hydroxyl groups excluding tert-OH is 1. The quantitative estimate of drug-likeness (QED) is 0.650. The van der Waals surface area contributed by atoms with Crippen molar-refractivity contribution in [1.82, 2.24) is 15.0 Å². The summed E-state index contributed by atoms with van der Waals surface area (Å²) in [6.07, 6.45) is 0.315. The number of pyridine rings is 1. The minimum Gasteiger partial charge on any atom is -0.406 e. The predicted octanol–water partition coefficient (Wildman–Crippen LogP) is 4.31. The molecule has 9 heteroatoms. The van der Waals surface area contributed by atoms with Crippen LogP contribution in [0.4, 0.5) is 19.0 Å². The van der Waals surface area contributed by atoms with Crippen molar-refractivity contribution in [3.8, 4) is 28.4 Å². The lowest BCUT2D eigenvalue weighted by Crippen LogP contribution is -2.35. The Morgan fingerprint density at radius 2 is 1.77 bits per heavy atom. The highest BCUT2D eigenvalue weighted by atomic mass is 19.4. The van der Waals surface area contributed by atoms with E-state index in [0.717, 1.165) is 37.3 Å². The highest BCUT2D eigenvalue weighted by Crippen LogP contribution is 2.30. The fourth-order valence-electron chi connectivity index (χ4n) is 3.54. The Morgan fingerprint density at radius 3 is 2.39 bits per heavy atom. The highest BCUT2D eigenvalue weighted by molar-refractivity contribution is 5.68. The van der Waals surface area contributed by atoms with E-state index in [0.29, 0.717) is 17.1 Å². The van der Waals surface area contributed by atoms with Crippen molar-refractivity contribution in [1.29, 1.82) is 0 Å². The number of hydrogen-bond acceptors (Lipinski definition) is 6. The van der Waals surface area contributed by atoms with Crippen LogP contribution in [-0.4, -0.2) is 46.1 Å². The Morgan fingerprint density at radius 1 is 1.03 bits per heavy atom. The summed E-state index contributed by atoms with van der Waals surface area (Å²) < 4.78 is 41.3. The molecule has 3 heterocycles. The van der Waals surface area contributed by atoms with Crippen LogP contribution in [-0.2, 0) is 0 Å². The molecule has 6 nitrogen and oxygen atoms in total. The Bertz CT molecular complexity index is 1010. The average Bonchev–Trinajstić information content (AvgIpc) is 2.79. The summed E-state index contributed by atoms with van der Waals surface area (Å²) in [5.41, 5.74) is 1.98. The molecule has 3 aromatic rings. The van der Waals surface area contributed by atoms with Crippen LogP contribution in [0.2, 0.25) is 0 Å². The number of aromatic nitrogens is 3. The van der Waals surface area contributed by atoms with Gasteiger partial charge in [-0.15, -0.1) is 13.2 Å². The van der Waals surface area contributed by atoms with Crippen LogP contribution in [0, 0.1) is 5.92 Å². The van der Waals surface area contributed by atoms with E-state index in [9.17, 15) is 18.3 Å². The molecule has 1 aliphatic rings. The van der Waals surface area contributed by atoms with Gasteiger partial charge in [0.2, 0.25) is 0 Å². The van der Waals surface area contributed by atoms with Crippen LogP contribution >= 0.6 is 0 Å². The Kier molecular flexibility index (Phi) is 6.03. The van der Waals surface area contributed by atoms with Crippen LogP contribution in [0.5, 0.6) is 5.75 Å². The zero-order chi connectivity index (χ0) is 21.8. The molecule has 0 radical (unpaired) electrons. The molecule has 4 rings (SSSR count). The van der Waals surface area contributed by atoms with Gasteiger partial charge in [0.15, 0.2) is 5.82 Å². The maximum absolute atomic E-state index is 12.4. The summed E-state index contributed by atoms with van der Waals surface area (Å²) in [5.74, 6) is 1.22. The third kappa shape index (κ3) is 5.29. The summed E-state index contributed by atoms with van der Waals surface area (Å²) in [5, 5.41) is 9.39. The Labute approximate surface area is 177 Å². The first-order valence-corrected chi connectivity index (χ1v) is 9.93. The second kappa shape index (κ2) is 8.89. The van der Waals surface area contributed by atoms with Crippen molar-refractivity contribution in [3.05, 3.63) is 54.9 Å². The topological polar surface area (TPSA) is 71.4 Å². The molecule has 1 saturated heterocycles. The summed E-state index contributed by atoms with van der Waals surface area (Å²) in [6.45, 7) is 1.69. The lowest BCUT2D eigenvalue weighted by atomic mass is 9.98. The van der Waals surface area contributed by atoms with Crippen molar-refractivity contribution in [2.24, 2.45) is 5.92 Å². The van der Waals surface area contributed by atoms with Gasteiger partial charge in [0.1, 0.15) is 11.6 Å². The van der Waals surface area contributed by atoms with E-state index >= 15 is 0 Å². The largest absolute Gasteiger partial charge is 0.573 e. The second-order valence-corrected chi connectivity index (χ2v) is 7.36. The molecule has 2 aromatic heterocycles. The zero-order valence-corrected chi connectivity index (χ0v) is 16.6. The molecule has 0 unspecified atom stereocenters. The minimum absolute atomic E-state index is 0.177. The van der Waals surface area contributed by atoms with E-state index in [-0.39, 0.29) is 18.3 Å². The van der Waals surface area contributed by atoms with E-state index in [2.05, 4.69) is 19.6 Å². The fraction of sp³-hybridized carbons (Fsp3) is 0.318. The molecule has 0 aliphatic carbocycles. The van der Waals surface area contributed by atoms with Crippen LogP contribution in [0.15, 0.2) is 54.9 Å². The van der Waals surface area contributed by atoms with E-state index in [1.165, 1.54) is 24.3 Å². The lowest BCUT2D eigenvalue weighted by Gasteiger charge is -2.32. The van der Waals surface area contributed by atoms with Gasteiger partial charge in [-0.25, -0.2) is 9.97 Å². The van der Waals surface area contributed by atoms with Gasteiger partial charge >= 0.3 is 6.36 Å². The smallest absolute Gasteiger partial charge is 0.406 e. The molecule has 0 bridgehead atoms. The fourth-order valence-corrected chi connectivity index (χ4v) is 3.54. The molecule has 0 saturated carbocycles. The standard InChI is InChI=1S/C22H21F3N4O2/c23-22(24,25)31-18-5-3-16(4-6-18)19-12-20(29-10-7-15(14-30)8-11-29)28-21(27-19)17-2-1-9-26-13-17/h1-6,9,12-13,15,30H,7-8,10-11,14H2. The number of ether oxygens (including phenoxy) is 1. The Balaban J connectivity index is 1.68. The van der Waals surface area contributed by atoms with Crippen molar-refractivity contribution in [2.75, 3.05) is 24.6 Å². The molecular weight excluding hydrogens is 409 g/mol. The number of rotatable bonds is 5. The third-order valence-electron chi connectivity index (χ3n) is 5.21. The molecule has 1 aliphatic heterocycles. The number of alkyl halides is 3. The normalized spacial score (nSPS) is 15.2. The highest BCUT2D eigenvalue weighted by Gasteiger charge is 2.31. The number of benzene rings is 1. The number of aliphatic hydroxyl groups is 1. The first-order chi connectivity index (χ1) is 14.9. The van der Waals surface area contributed by atoms with Gasteiger partial charge in [-0.3, -0.25) is 4.98 Å². The number of halogens is 3. The van der Waals surface area contributed by atoms with Crippen molar-refractivity contribution < 1.29 is 23.0 Å². The van der Waals surface area contributed by atoms with Crippen LogP contribution in [0.1, 0.15) is 12.8 Å². The molecule has 0 amide bonds. The van der Waals surface area contributed by atoms with Gasteiger partial charge in [0.25, 0.3) is 0 Å². The van der Waals surface area contributed by atoms with Gasteiger partial charge in [-0.2, -0.15) is 0 Å². The number of nitrogens with zero attached hydrogens (tertiary/aromatic N) is 4. The van der Waals surface area contributed by atoms with Gasteiger partial charge in [0, 0.05) is 49.3 Å². The molecule has 162 valence electrons. The molecule has 1 fully saturated rings. The number of anilines is 1. The van der Waals surface area contributed by atoms with E-state index in [1.54, 1.807) is 18.5 Å². The summed E-state index contributed by atoms with van der Waals surface area (Å²) in [6, 6.07) is 11.1. The minimum atomic E-state index is -4.74. The van der Waals surface area contributed by atoms with E-state index in [4.69, 9.17) is 4.98 Å². The molecule has 1 N–H and O–H groups in total. The van der Waals surface area contributed by atoms with Crippen molar-refractivity contribution >= 4 is 5.82 Å². The molecule has 0 atom stereocenters. The van der Waals surface area contributed by atoms with E-state index in [1.807, 2.05) is 12.1 Å². The first-order valence-electron chi connectivity index (χ1n) is 9.93. The summed E-state index contributed by atoms with van der Waals surface area (Å²) in [4.78, 5) is 15.6. The second-order valence-electron chi connectivity index (χ2n) is 7.36. The number of hydrogen-bond donors (Lipinski definition) is 1. The van der Waals surface area contributed by atoms with Gasteiger partial charge in [0.05, 0.1) is 5.69 Å². The van der Waals surface area contributed by atoms with Gasteiger partial charge in [-0.1, -0.05) is 0 Å². The van der Waals surface area contributed by atoms with Crippen LogP contribution in [0.3, 0.4) is 0 Å². The maximum Gasteiger partial charge on any atom is 0.573 e. The Hall–Kier alpha value is -3.20. The van der Waals surface area contributed by atoms with Crippen LogP contribution in [0.25, 0.3) is 22.6 Å². The van der Waals surface area contributed by atoms with Gasteiger partial charge < -0.3 is 14.7 Å². The summed E-state index contributed by atoms with van der Waals surface area (Å²) >= 11 is 0. The van der Waals surface area contributed by atoms with Crippen molar-refractivity contribution in [3.63, 3.8) is 0 Å². The zero-order valence-electron chi connectivity index (χ0n) is 16.6. The lowest BCUT2D eigenvalue weighted by molar-refractivity contribution is -0.274. The first kappa shape index (κ1) is 21.0. The van der Waals surface area contributed by atoms with Crippen LogP contribution < -0.4 is 9.64 Å². The molecule has 1 aromatic carbocycles. The number of piperidine rings is 1. The third-order valence-corrected chi connectivity index (χ3v) is 5.21. The summed E-state index contributed by atoms with van der Waals surface area (Å²) in [7, 11) is 0.